The fraction of sp³-hybridized carbons (Fsp3) is 1.00. The summed E-state index contributed by atoms with van der Waals surface area (Å²) >= 11 is 0. The van der Waals surface area contributed by atoms with Gasteiger partial charge in [0.1, 0.15) is 0 Å². The van der Waals surface area contributed by atoms with Crippen molar-refractivity contribution in [3.05, 3.63) is 0 Å². The topological polar surface area (TPSA) is 20.2 Å². The second-order valence-electron chi connectivity index (χ2n) is 5.31. The molecule has 0 heterocycles. The molecule has 0 aromatic rings. The molecule has 0 bridgehead atoms. The lowest BCUT2D eigenvalue weighted by molar-refractivity contribution is 0.206. The van der Waals surface area contributed by atoms with Gasteiger partial charge in [0.05, 0.1) is 0 Å². The zero-order chi connectivity index (χ0) is 9.31. The molecule has 13 heavy (non-hydrogen) atoms. The fourth-order valence-corrected chi connectivity index (χ4v) is 3.57. The Bertz CT molecular complexity index is 156. The Balaban J connectivity index is 1.93. The van der Waals surface area contributed by atoms with Crippen molar-refractivity contribution < 1.29 is 5.11 Å². The van der Waals surface area contributed by atoms with Crippen molar-refractivity contribution in [2.75, 3.05) is 6.61 Å². The third kappa shape index (κ3) is 1.76. The third-order valence-electron chi connectivity index (χ3n) is 4.44. The average Bonchev–Trinajstić information content (AvgIpc) is 2.74. The first kappa shape index (κ1) is 9.51. The van der Waals surface area contributed by atoms with Gasteiger partial charge < -0.3 is 5.11 Å². The molecule has 3 atom stereocenters. The summed E-state index contributed by atoms with van der Waals surface area (Å²) in [7, 11) is 0. The van der Waals surface area contributed by atoms with Crippen LogP contribution in [0.1, 0.15) is 51.9 Å². The monoisotopic (exact) mass is 182 g/mol. The molecule has 1 N–H and O–H groups in total. The van der Waals surface area contributed by atoms with E-state index in [-0.39, 0.29) is 0 Å². The lowest BCUT2D eigenvalue weighted by Gasteiger charge is -2.23. The highest BCUT2D eigenvalue weighted by atomic mass is 16.3. The van der Waals surface area contributed by atoms with Gasteiger partial charge in [0, 0.05) is 6.61 Å². The Labute approximate surface area is 81.5 Å². The number of hydrogen-bond acceptors (Lipinski definition) is 1. The average molecular weight is 182 g/mol. The molecule has 0 unspecified atom stereocenters. The van der Waals surface area contributed by atoms with Crippen LogP contribution in [-0.4, -0.2) is 11.7 Å². The van der Waals surface area contributed by atoms with E-state index in [4.69, 9.17) is 5.11 Å². The van der Waals surface area contributed by atoms with Crippen LogP contribution in [0.25, 0.3) is 0 Å². The second kappa shape index (κ2) is 3.61. The summed E-state index contributed by atoms with van der Waals surface area (Å²) in [5.74, 6) is 1.63. The minimum atomic E-state index is 0.429. The van der Waals surface area contributed by atoms with E-state index in [1.165, 1.54) is 44.9 Å². The molecule has 76 valence electrons. The Morgan fingerprint density at radius 1 is 1.15 bits per heavy atom. The SMILES string of the molecule is CC[C@H]1CC[C@@]2(CC[C@@H](CO)C2)C1. The summed E-state index contributed by atoms with van der Waals surface area (Å²) in [5, 5.41) is 9.13. The maximum absolute atomic E-state index is 9.13. The van der Waals surface area contributed by atoms with Gasteiger partial charge in [-0.2, -0.15) is 0 Å². The summed E-state index contributed by atoms with van der Waals surface area (Å²) in [6.45, 7) is 2.75. The van der Waals surface area contributed by atoms with Crippen LogP contribution in [0.5, 0.6) is 0 Å². The van der Waals surface area contributed by atoms with Crippen molar-refractivity contribution in [3.8, 4) is 0 Å². The maximum Gasteiger partial charge on any atom is 0.0459 e. The van der Waals surface area contributed by atoms with Crippen molar-refractivity contribution in [2.24, 2.45) is 17.3 Å². The van der Waals surface area contributed by atoms with E-state index in [0.717, 1.165) is 5.92 Å². The zero-order valence-electron chi connectivity index (χ0n) is 8.76. The van der Waals surface area contributed by atoms with E-state index >= 15 is 0 Å². The van der Waals surface area contributed by atoms with Crippen LogP contribution in [-0.2, 0) is 0 Å². The minimum Gasteiger partial charge on any atom is -0.396 e. The van der Waals surface area contributed by atoms with E-state index in [9.17, 15) is 0 Å². The van der Waals surface area contributed by atoms with Crippen molar-refractivity contribution in [3.63, 3.8) is 0 Å². The second-order valence-corrected chi connectivity index (χ2v) is 5.31. The zero-order valence-corrected chi connectivity index (χ0v) is 8.76. The molecule has 1 heteroatoms. The normalized spacial score (nSPS) is 44.8. The first-order valence-corrected chi connectivity index (χ1v) is 5.89. The first-order chi connectivity index (χ1) is 6.28. The number of rotatable bonds is 2. The van der Waals surface area contributed by atoms with Gasteiger partial charge in [0.2, 0.25) is 0 Å². The van der Waals surface area contributed by atoms with Gasteiger partial charge in [-0.25, -0.2) is 0 Å². The van der Waals surface area contributed by atoms with Gasteiger partial charge in [-0.1, -0.05) is 13.3 Å². The predicted molar refractivity (Wildman–Crippen MR) is 54.5 cm³/mol. The van der Waals surface area contributed by atoms with Crippen LogP contribution in [0.3, 0.4) is 0 Å². The van der Waals surface area contributed by atoms with Gasteiger partial charge in [-0.15, -0.1) is 0 Å². The van der Waals surface area contributed by atoms with Gasteiger partial charge in [0.25, 0.3) is 0 Å². The van der Waals surface area contributed by atoms with Crippen molar-refractivity contribution >= 4 is 0 Å². The van der Waals surface area contributed by atoms with Crippen molar-refractivity contribution in [2.45, 2.75) is 51.9 Å². The fourth-order valence-electron chi connectivity index (χ4n) is 3.57. The maximum atomic E-state index is 9.13. The molecule has 0 amide bonds. The van der Waals surface area contributed by atoms with Gasteiger partial charge >= 0.3 is 0 Å². The Morgan fingerprint density at radius 2 is 1.77 bits per heavy atom. The van der Waals surface area contributed by atoms with E-state index in [2.05, 4.69) is 6.92 Å². The van der Waals surface area contributed by atoms with E-state index in [1.54, 1.807) is 0 Å². The summed E-state index contributed by atoms with van der Waals surface area (Å²) in [5.41, 5.74) is 0.675. The highest BCUT2D eigenvalue weighted by Gasteiger charge is 2.43. The molecule has 2 aliphatic carbocycles. The summed E-state index contributed by atoms with van der Waals surface area (Å²) in [6, 6.07) is 0. The van der Waals surface area contributed by atoms with E-state index < -0.39 is 0 Å². The number of aliphatic hydroxyl groups is 1. The molecule has 0 radical (unpaired) electrons. The highest BCUT2D eigenvalue weighted by molar-refractivity contribution is 4.94. The van der Waals surface area contributed by atoms with Crippen LogP contribution in [0.4, 0.5) is 0 Å². The summed E-state index contributed by atoms with van der Waals surface area (Å²) < 4.78 is 0. The molecule has 2 saturated carbocycles. The lowest BCUT2D eigenvalue weighted by Crippen LogP contribution is -2.13. The number of aliphatic hydroxyl groups excluding tert-OH is 1. The third-order valence-corrected chi connectivity index (χ3v) is 4.44. The van der Waals surface area contributed by atoms with E-state index in [1.807, 2.05) is 0 Å². The highest BCUT2D eigenvalue weighted by Crippen LogP contribution is 2.54. The van der Waals surface area contributed by atoms with Crippen LogP contribution in [0, 0.1) is 17.3 Å². The van der Waals surface area contributed by atoms with Crippen molar-refractivity contribution in [1.82, 2.24) is 0 Å². The molecule has 0 aromatic heterocycles. The van der Waals surface area contributed by atoms with Gasteiger partial charge in [0.15, 0.2) is 0 Å². The molecular formula is C12H22O. The number of hydrogen-bond donors (Lipinski definition) is 1. The molecule has 0 aromatic carbocycles. The van der Waals surface area contributed by atoms with Gasteiger partial charge in [-0.05, 0) is 55.8 Å². The van der Waals surface area contributed by atoms with Crippen LogP contribution >= 0.6 is 0 Å². The van der Waals surface area contributed by atoms with Crippen LogP contribution in [0.15, 0.2) is 0 Å². The molecule has 0 saturated heterocycles. The first-order valence-electron chi connectivity index (χ1n) is 5.89. The lowest BCUT2D eigenvalue weighted by atomic mass is 9.82. The molecule has 1 spiro atoms. The van der Waals surface area contributed by atoms with Gasteiger partial charge in [-0.3, -0.25) is 0 Å². The van der Waals surface area contributed by atoms with E-state index in [0.29, 0.717) is 17.9 Å². The molecule has 2 aliphatic rings. The van der Waals surface area contributed by atoms with Crippen LogP contribution in [0.2, 0.25) is 0 Å². The smallest absolute Gasteiger partial charge is 0.0459 e. The van der Waals surface area contributed by atoms with Crippen molar-refractivity contribution in [1.29, 1.82) is 0 Å². The summed E-state index contributed by atoms with van der Waals surface area (Å²) in [4.78, 5) is 0. The quantitative estimate of drug-likeness (QED) is 0.696. The molecule has 1 nitrogen and oxygen atoms in total. The molecular weight excluding hydrogens is 160 g/mol. The molecule has 2 rings (SSSR count). The Kier molecular flexibility index (Phi) is 2.64. The standard InChI is InChI=1S/C12H22O/c1-2-10-3-5-12(7-10)6-4-11(8-12)9-13/h10-11,13H,2-9H2,1H3/t10-,11+,12+/m0/s1. The molecule has 2 fully saturated rings. The Hall–Kier alpha value is -0.0400. The predicted octanol–water partition coefficient (Wildman–Crippen LogP) is 2.98. The summed E-state index contributed by atoms with van der Waals surface area (Å²) in [6.07, 6.45) is 9.73. The largest absolute Gasteiger partial charge is 0.396 e. The van der Waals surface area contributed by atoms with Crippen LogP contribution < -0.4 is 0 Å². The Morgan fingerprint density at radius 3 is 2.23 bits per heavy atom. The minimum absolute atomic E-state index is 0.429. The molecule has 0 aliphatic heterocycles.